The summed E-state index contributed by atoms with van der Waals surface area (Å²) in [6.07, 6.45) is 8.26. The van der Waals surface area contributed by atoms with E-state index in [0.29, 0.717) is 19.5 Å². The van der Waals surface area contributed by atoms with Crippen molar-refractivity contribution in [2.24, 2.45) is 11.3 Å². The number of aliphatic hydroxyl groups is 1. The average Bonchev–Trinajstić information content (AvgIpc) is 3.32. The maximum Gasteiger partial charge on any atom is 0.243 e. The van der Waals surface area contributed by atoms with Gasteiger partial charge in [-0.15, -0.1) is 0 Å². The summed E-state index contributed by atoms with van der Waals surface area (Å²) < 4.78 is 28.7. The van der Waals surface area contributed by atoms with Gasteiger partial charge < -0.3 is 5.11 Å². The number of nitrogens with one attached hydrogen (secondary N) is 1. The van der Waals surface area contributed by atoms with Crippen LogP contribution in [-0.2, 0) is 16.6 Å². The summed E-state index contributed by atoms with van der Waals surface area (Å²) in [5.41, 5.74) is 0.250. The van der Waals surface area contributed by atoms with E-state index in [9.17, 15) is 8.42 Å². The van der Waals surface area contributed by atoms with Gasteiger partial charge in [0.15, 0.2) is 0 Å². The molecule has 3 rings (SSSR count). The van der Waals surface area contributed by atoms with E-state index in [2.05, 4.69) is 9.82 Å². The van der Waals surface area contributed by atoms with Gasteiger partial charge >= 0.3 is 0 Å². The lowest BCUT2D eigenvalue weighted by molar-refractivity contribution is 0.277. The molecule has 1 heterocycles. The first-order chi connectivity index (χ1) is 9.56. The highest BCUT2D eigenvalue weighted by molar-refractivity contribution is 7.89. The number of aryl methyl sites for hydroxylation is 1. The highest BCUT2D eigenvalue weighted by Crippen LogP contribution is 2.60. The van der Waals surface area contributed by atoms with Crippen molar-refractivity contribution in [1.29, 1.82) is 0 Å². The summed E-state index contributed by atoms with van der Waals surface area (Å²) in [6, 6.07) is 0. The van der Waals surface area contributed by atoms with E-state index in [0.717, 1.165) is 18.8 Å². The Morgan fingerprint density at radius 2 is 2.20 bits per heavy atom. The highest BCUT2D eigenvalue weighted by atomic mass is 32.2. The van der Waals surface area contributed by atoms with Gasteiger partial charge in [0.25, 0.3) is 0 Å². The van der Waals surface area contributed by atoms with Crippen molar-refractivity contribution in [1.82, 2.24) is 14.5 Å². The summed E-state index contributed by atoms with van der Waals surface area (Å²) in [5, 5.41) is 12.8. The first-order valence-electron chi connectivity index (χ1n) is 7.19. The van der Waals surface area contributed by atoms with Gasteiger partial charge in [-0.05, 0) is 43.4 Å². The molecule has 0 unspecified atom stereocenters. The van der Waals surface area contributed by atoms with Crippen molar-refractivity contribution < 1.29 is 13.5 Å². The third-order valence-electron chi connectivity index (χ3n) is 4.42. The summed E-state index contributed by atoms with van der Waals surface area (Å²) in [6.45, 7) is 1.16. The predicted octanol–water partition coefficient (Wildman–Crippen LogP) is 0.734. The van der Waals surface area contributed by atoms with Gasteiger partial charge in [-0.25, -0.2) is 13.1 Å². The molecule has 1 aromatic rings. The predicted molar refractivity (Wildman–Crippen MR) is 73.5 cm³/mol. The van der Waals surface area contributed by atoms with Crippen molar-refractivity contribution in [3.8, 4) is 0 Å². The summed E-state index contributed by atoms with van der Waals surface area (Å²) in [7, 11) is -3.46. The molecule has 0 atom stereocenters. The van der Waals surface area contributed by atoms with Gasteiger partial charge in [-0.3, -0.25) is 4.68 Å². The molecule has 0 radical (unpaired) electrons. The Bertz CT molecular complexity index is 573. The minimum absolute atomic E-state index is 0.0735. The minimum Gasteiger partial charge on any atom is -0.396 e. The van der Waals surface area contributed by atoms with Crippen LogP contribution in [0.15, 0.2) is 17.3 Å². The Kier molecular flexibility index (Phi) is 3.60. The maximum atomic E-state index is 12.2. The molecule has 0 bridgehead atoms. The molecule has 0 amide bonds. The summed E-state index contributed by atoms with van der Waals surface area (Å²) in [4.78, 5) is 0.210. The van der Waals surface area contributed by atoms with Crippen LogP contribution in [0.1, 0.15) is 32.1 Å². The Hall–Kier alpha value is -0.920. The van der Waals surface area contributed by atoms with E-state index < -0.39 is 10.0 Å². The fourth-order valence-corrected chi connectivity index (χ4v) is 3.84. The Morgan fingerprint density at radius 1 is 1.45 bits per heavy atom. The van der Waals surface area contributed by atoms with Crippen LogP contribution in [0.2, 0.25) is 0 Å². The van der Waals surface area contributed by atoms with Gasteiger partial charge in [0, 0.05) is 25.9 Å². The number of aromatic nitrogens is 2. The summed E-state index contributed by atoms with van der Waals surface area (Å²) in [5.74, 6) is 0.734. The van der Waals surface area contributed by atoms with Crippen LogP contribution in [0.5, 0.6) is 0 Å². The molecule has 0 spiro atoms. The normalized spacial score (nSPS) is 21.1. The molecular formula is C13H21N3O3S. The van der Waals surface area contributed by atoms with E-state index in [1.54, 1.807) is 4.68 Å². The monoisotopic (exact) mass is 299 g/mol. The SMILES string of the molecule is O=S(=O)(NCC1(C2CC2)CC1)c1cnn(CCCO)c1. The molecule has 1 aromatic heterocycles. The van der Waals surface area contributed by atoms with Crippen molar-refractivity contribution in [3.05, 3.63) is 12.4 Å². The second-order valence-electron chi connectivity index (χ2n) is 5.98. The molecule has 2 aliphatic rings. The lowest BCUT2D eigenvalue weighted by Crippen LogP contribution is -2.31. The maximum absolute atomic E-state index is 12.2. The van der Waals surface area contributed by atoms with Crippen molar-refractivity contribution in [3.63, 3.8) is 0 Å². The first-order valence-corrected chi connectivity index (χ1v) is 8.67. The molecule has 7 heteroatoms. The van der Waals surface area contributed by atoms with Crippen molar-refractivity contribution in [2.45, 2.75) is 43.5 Å². The fraction of sp³-hybridized carbons (Fsp3) is 0.769. The number of nitrogens with zero attached hydrogens (tertiary/aromatic N) is 2. The molecule has 112 valence electrons. The van der Waals surface area contributed by atoms with Crippen LogP contribution >= 0.6 is 0 Å². The smallest absolute Gasteiger partial charge is 0.243 e. The molecule has 6 nitrogen and oxygen atoms in total. The van der Waals surface area contributed by atoms with Gasteiger partial charge in [0.1, 0.15) is 4.90 Å². The van der Waals surface area contributed by atoms with Gasteiger partial charge in [0.2, 0.25) is 10.0 Å². The fourth-order valence-electron chi connectivity index (χ4n) is 2.75. The Labute approximate surface area is 119 Å². The van der Waals surface area contributed by atoms with Crippen molar-refractivity contribution in [2.75, 3.05) is 13.2 Å². The molecule has 0 aliphatic heterocycles. The molecule has 0 aromatic carbocycles. The number of aliphatic hydroxyl groups excluding tert-OH is 1. The van der Waals surface area contributed by atoms with Gasteiger partial charge in [-0.2, -0.15) is 5.10 Å². The molecule has 2 N–H and O–H groups in total. The first kappa shape index (κ1) is 14.0. The van der Waals surface area contributed by atoms with E-state index >= 15 is 0 Å². The largest absolute Gasteiger partial charge is 0.396 e. The van der Waals surface area contributed by atoms with Gasteiger partial charge in [-0.1, -0.05) is 0 Å². The van der Waals surface area contributed by atoms with Crippen LogP contribution in [0, 0.1) is 11.3 Å². The zero-order valence-electron chi connectivity index (χ0n) is 11.5. The Morgan fingerprint density at radius 3 is 2.80 bits per heavy atom. The van der Waals surface area contributed by atoms with E-state index in [1.165, 1.54) is 25.2 Å². The molecule has 0 saturated heterocycles. The third-order valence-corrected chi connectivity index (χ3v) is 5.77. The topological polar surface area (TPSA) is 84.2 Å². The average molecular weight is 299 g/mol. The van der Waals surface area contributed by atoms with E-state index in [-0.39, 0.29) is 16.9 Å². The number of hydrogen-bond donors (Lipinski definition) is 2. The second kappa shape index (κ2) is 5.13. The zero-order chi connectivity index (χ0) is 14.2. The number of rotatable bonds is 8. The van der Waals surface area contributed by atoms with Crippen LogP contribution < -0.4 is 4.72 Å². The molecule has 2 aliphatic carbocycles. The lowest BCUT2D eigenvalue weighted by Gasteiger charge is -2.14. The molecular weight excluding hydrogens is 278 g/mol. The molecule has 2 fully saturated rings. The van der Waals surface area contributed by atoms with Crippen LogP contribution in [0.4, 0.5) is 0 Å². The molecule has 2 saturated carbocycles. The quantitative estimate of drug-likeness (QED) is 0.741. The van der Waals surface area contributed by atoms with Crippen LogP contribution in [0.25, 0.3) is 0 Å². The van der Waals surface area contributed by atoms with Crippen molar-refractivity contribution >= 4 is 10.0 Å². The minimum atomic E-state index is -3.46. The highest BCUT2D eigenvalue weighted by Gasteiger charge is 2.53. The molecule has 20 heavy (non-hydrogen) atoms. The zero-order valence-corrected chi connectivity index (χ0v) is 12.3. The standard InChI is InChI=1S/C13H21N3O3S/c17-7-1-6-16-9-12(8-14-16)20(18,19)15-10-13(4-5-13)11-2-3-11/h8-9,11,15,17H,1-7,10H2. The number of sulfonamides is 1. The third kappa shape index (κ3) is 2.89. The van der Waals surface area contributed by atoms with Gasteiger partial charge in [0.05, 0.1) is 6.20 Å². The second-order valence-corrected chi connectivity index (χ2v) is 7.74. The van der Waals surface area contributed by atoms with E-state index in [1.807, 2.05) is 0 Å². The summed E-state index contributed by atoms with van der Waals surface area (Å²) >= 11 is 0. The van der Waals surface area contributed by atoms with E-state index in [4.69, 9.17) is 5.11 Å². The Balaban J connectivity index is 1.61. The lowest BCUT2D eigenvalue weighted by atomic mass is 10.0. The van der Waals surface area contributed by atoms with Crippen LogP contribution in [-0.4, -0.2) is 36.5 Å². The number of hydrogen-bond acceptors (Lipinski definition) is 4. The van der Waals surface area contributed by atoms with Crippen LogP contribution in [0.3, 0.4) is 0 Å².